The van der Waals surface area contributed by atoms with E-state index in [2.05, 4.69) is 5.32 Å². The third kappa shape index (κ3) is 7.53. The van der Waals surface area contributed by atoms with Crippen molar-refractivity contribution in [3.8, 4) is 0 Å². The number of hydrogen-bond acceptors (Lipinski definition) is 4. The van der Waals surface area contributed by atoms with Crippen LogP contribution in [0.25, 0.3) is 0 Å². The van der Waals surface area contributed by atoms with Crippen LogP contribution in [0.15, 0.2) is 0 Å². The molecule has 0 heterocycles. The van der Waals surface area contributed by atoms with Gasteiger partial charge in [-0.3, -0.25) is 0 Å². The fourth-order valence-corrected chi connectivity index (χ4v) is 3.16. The van der Waals surface area contributed by atoms with E-state index in [1.54, 1.807) is 0 Å². The van der Waals surface area contributed by atoms with Gasteiger partial charge in [-0.2, -0.15) is 0 Å². The number of carbonyl (C=O) groups is 1. The van der Waals surface area contributed by atoms with Crippen LogP contribution in [0.4, 0.5) is 4.79 Å². The van der Waals surface area contributed by atoms with Gasteiger partial charge < -0.3 is 20.3 Å². The van der Waals surface area contributed by atoms with Gasteiger partial charge in [0.1, 0.15) is 11.7 Å². The highest BCUT2D eigenvalue weighted by molar-refractivity contribution is 5.68. The predicted molar refractivity (Wildman–Crippen MR) is 91.2 cm³/mol. The van der Waals surface area contributed by atoms with E-state index in [4.69, 9.17) is 4.74 Å². The summed E-state index contributed by atoms with van der Waals surface area (Å²) in [5.41, 5.74) is -0.582. The Kier molecular flexibility index (Phi) is 7.81. The number of rotatable bonds is 6. The van der Waals surface area contributed by atoms with Crippen molar-refractivity contribution in [3.05, 3.63) is 0 Å². The van der Waals surface area contributed by atoms with Crippen LogP contribution in [0, 0.1) is 11.8 Å². The molecule has 3 atom stereocenters. The van der Waals surface area contributed by atoms with E-state index in [0.29, 0.717) is 12.3 Å². The molecule has 1 rings (SSSR count). The summed E-state index contributed by atoms with van der Waals surface area (Å²) in [7, 11) is 0. The van der Waals surface area contributed by atoms with Crippen molar-refractivity contribution < 1.29 is 19.7 Å². The lowest BCUT2D eigenvalue weighted by molar-refractivity contribution is -0.0355. The van der Waals surface area contributed by atoms with E-state index in [-0.39, 0.29) is 5.92 Å². The molecule has 1 saturated carbocycles. The Morgan fingerprint density at radius 1 is 1.13 bits per heavy atom. The third-order valence-corrected chi connectivity index (χ3v) is 4.46. The van der Waals surface area contributed by atoms with E-state index in [9.17, 15) is 15.0 Å². The van der Waals surface area contributed by atoms with Gasteiger partial charge in [0, 0.05) is 0 Å². The number of alkyl carbamates (subject to hydrolysis) is 1. The van der Waals surface area contributed by atoms with E-state index < -0.39 is 29.9 Å². The molecule has 0 bridgehead atoms. The summed E-state index contributed by atoms with van der Waals surface area (Å²) in [4.78, 5) is 12.1. The van der Waals surface area contributed by atoms with Crippen LogP contribution < -0.4 is 5.32 Å². The fourth-order valence-electron chi connectivity index (χ4n) is 3.16. The summed E-state index contributed by atoms with van der Waals surface area (Å²) in [5.74, 6) is 0.414. The van der Waals surface area contributed by atoms with Gasteiger partial charge in [-0.05, 0) is 39.0 Å². The van der Waals surface area contributed by atoms with E-state index in [1.807, 2.05) is 34.6 Å². The molecule has 1 aliphatic rings. The summed E-state index contributed by atoms with van der Waals surface area (Å²) in [5, 5.41) is 23.5. The van der Waals surface area contributed by atoms with Crippen LogP contribution >= 0.6 is 0 Å². The van der Waals surface area contributed by atoms with Crippen LogP contribution in [0.5, 0.6) is 0 Å². The molecule has 5 heteroatoms. The molecule has 0 spiro atoms. The average molecular weight is 329 g/mol. The van der Waals surface area contributed by atoms with Gasteiger partial charge in [-0.15, -0.1) is 0 Å². The highest BCUT2D eigenvalue weighted by atomic mass is 16.6. The van der Waals surface area contributed by atoms with Crippen molar-refractivity contribution in [2.75, 3.05) is 0 Å². The molecule has 136 valence electrons. The van der Waals surface area contributed by atoms with E-state index in [1.165, 1.54) is 19.3 Å². The Morgan fingerprint density at radius 2 is 1.70 bits per heavy atom. The van der Waals surface area contributed by atoms with Crippen LogP contribution in [-0.4, -0.2) is 40.2 Å². The Morgan fingerprint density at radius 3 is 2.17 bits per heavy atom. The first-order chi connectivity index (χ1) is 10.6. The maximum atomic E-state index is 12.1. The second kappa shape index (κ2) is 8.88. The Bertz CT molecular complexity index is 359. The number of ether oxygens (including phenoxy) is 1. The second-order valence-electron chi connectivity index (χ2n) is 8.22. The molecule has 0 saturated heterocycles. The molecule has 23 heavy (non-hydrogen) atoms. The van der Waals surface area contributed by atoms with Gasteiger partial charge in [0.25, 0.3) is 0 Å². The van der Waals surface area contributed by atoms with Crippen LogP contribution in [0.1, 0.15) is 73.1 Å². The number of amides is 1. The minimum absolute atomic E-state index is 0.0701. The van der Waals surface area contributed by atoms with Crippen molar-refractivity contribution in [3.63, 3.8) is 0 Å². The number of aliphatic hydroxyl groups excluding tert-OH is 2. The lowest BCUT2D eigenvalue weighted by Crippen LogP contribution is -2.51. The lowest BCUT2D eigenvalue weighted by atomic mass is 9.82. The largest absolute Gasteiger partial charge is 0.444 e. The number of hydrogen-bond donors (Lipinski definition) is 3. The summed E-state index contributed by atoms with van der Waals surface area (Å²) in [6.45, 7) is 9.14. The first-order valence-corrected chi connectivity index (χ1v) is 8.96. The van der Waals surface area contributed by atoms with Crippen molar-refractivity contribution in [1.82, 2.24) is 5.32 Å². The molecule has 1 aliphatic carbocycles. The maximum Gasteiger partial charge on any atom is 0.407 e. The fraction of sp³-hybridized carbons (Fsp3) is 0.944. The Hall–Kier alpha value is -0.810. The molecule has 3 N–H and O–H groups in total. The zero-order valence-electron chi connectivity index (χ0n) is 15.3. The van der Waals surface area contributed by atoms with E-state index in [0.717, 1.165) is 12.8 Å². The first kappa shape index (κ1) is 20.2. The summed E-state index contributed by atoms with van der Waals surface area (Å²) >= 11 is 0. The van der Waals surface area contributed by atoms with Crippen molar-refractivity contribution >= 4 is 6.09 Å². The quantitative estimate of drug-likeness (QED) is 0.699. The monoisotopic (exact) mass is 329 g/mol. The van der Waals surface area contributed by atoms with Crippen molar-refractivity contribution in [2.24, 2.45) is 11.8 Å². The number of aliphatic hydroxyl groups is 2. The van der Waals surface area contributed by atoms with Gasteiger partial charge >= 0.3 is 6.09 Å². The molecule has 0 aromatic rings. The molecule has 0 aromatic heterocycles. The molecule has 0 aromatic carbocycles. The third-order valence-electron chi connectivity index (χ3n) is 4.46. The van der Waals surface area contributed by atoms with Gasteiger partial charge in [-0.25, -0.2) is 4.79 Å². The molecule has 0 unspecified atom stereocenters. The standard InChI is InChI=1S/C18H35NO4/c1-12(2)15(20)16(21)14(11-13-9-7-6-8-10-13)19-17(22)23-18(3,4)5/h12-16,20-21H,6-11H2,1-5H3,(H,19,22)/t14-,15-,16+/m0/s1. The minimum Gasteiger partial charge on any atom is -0.444 e. The van der Waals surface area contributed by atoms with Crippen LogP contribution in [0.2, 0.25) is 0 Å². The molecule has 1 amide bonds. The smallest absolute Gasteiger partial charge is 0.407 e. The van der Waals surface area contributed by atoms with Gasteiger partial charge in [0.05, 0.1) is 12.1 Å². The predicted octanol–water partition coefficient (Wildman–Crippen LogP) is 3.23. The first-order valence-electron chi connectivity index (χ1n) is 8.96. The number of carbonyl (C=O) groups excluding carboxylic acids is 1. The Labute approximate surface area is 140 Å². The number of nitrogens with one attached hydrogen (secondary N) is 1. The molecule has 5 nitrogen and oxygen atoms in total. The van der Waals surface area contributed by atoms with Crippen LogP contribution in [-0.2, 0) is 4.74 Å². The van der Waals surface area contributed by atoms with E-state index >= 15 is 0 Å². The molecule has 1 fully saturated rings. The van der Waals surface area contributed by atoms with Gasteiger partial charge in [0.15, 0.2) is 0 Å². The van der Waals surface area contributed by atoms with Gasteiger partial charge in [-0.1, -0.05) is 46.0 Å². The Balaban J connectivity index is 2.72. The molecule has 0 radical (unpaired) electrons. The molecule has 0 aliphatic heterocycles. The van der Waals surface area contributed by atoms with Crippen LogP contribution in [0.3, 0.4) is 0 Å². The summed E-state index contributed by atoms with van der Waals surface area (Å²) in [6.07, 6.45) is 4.21. The highest BCUT2D eigenvalue weighted by Gasteiger charge is 2.33. The topological polar surface area (TPSA) is 78.8 Å². The summed E-state index contributed by atoms with van der Waals surface area (Å²) in [6, 6.07) is -0.481. The SMILES string of the molecule is CC(C)[C@H](O)[C@H](O)[C@H](CC1CCCCC1)NC(=O)OC(C)(C)C. The zero-order chi connectivity index (χ0) is 17.6. The van der Waals surface area contributed by atoms with Gasteiger partial charge in [0.2, 0.25) is 0 Å². The molecular weight excluding hydrogens is 294 g/mol. The van der Waals surface area contributed by atoms with Crippen molar-refractivity contribution in [1.29, 1.82) is 0 Å². The second-order valence-corrected chi connectivity index (χ2v) is 8.22. The van der Waals surface area contributed by atoms with Crippen molar-refractivity contribution in [2.45, 2.75) is 97.0 Å². The lowest BCUT2D eigenvalue weighted by Gasteiger charge is -2.33. The highest BCUT2D eigenvalue weighted by Crippen LogP contribution is 2.29. The zero-order valence-corrected chi connectivity index (χ0v) is 15.3. The average Bonchev–Trinajstić information content (AvgIpc) is 2.44. The maximum absolute atomic E-state index is 12.1. The molecular formula is C18H35NO4. The minimum atomic E-state index is -0.982. The summed E-state index contributed by atoms with van der Waals surface area (Å²) < 4.78 is 5.30. The normalized spacial score (nSPS) is 20.9.